The van der Waals surface area contributed by atoms with E-state index in [1.54, 1.807) is 12.1 Å². The molecule has 3 aliphatic rings. The van der Waals surface area contributed by atoms with Crippen molar-refractivity contribution in [1.82, 2.24) is 30.4 Å². The number of amides is 4. The number of carbonyl (C=O) groups excluding carboxylic acids is 4. The monoisotopic (exact) mass is 807 g/mol. The first-order valence-electron chi connectivity index (χ1n) is 20.5. The molecule has 6 atom stereocenters. The fraction of sp³-hybridized carbons (Fsp3) is 0.467. The molecule has 3 aliphatic heterocycles. The highest BCUT2D eigenvalue weighted by Gasteiger charge is 2.43. The first-order valence-corrected chi connectivity index (χ1v) is 20.5. The van der Waals surface area contributed by atoms with Gasteiger partial charge in [-0.2, -0.15) is 0 Å². The average Bonchev–Trinajstić information content (AvgIpc) is 4.01. The topological polar surface area (TPSA) is 158 Å². The predicted octanol–water partition coefficient (Wildman–Crippen LogP) is 7.86. The van der Waals surface area contributed by atoms with Gasteiger partial charge in [0.2, 0.25) is 11.8 Å². The van der Waals surface area contributed by atoms with E-state index in [9.17, 15) is 19.2 Å². The van der Waals surface area contributed by atoms with Crippen molar-refractivity contribution >= 4 is 46.4 Å². The summed E-state index contributed by atoms with van der Waals surface area (Å²) in [5.74, 6) is -0.340. The third-order valence-corrected chi connectivity index (χ3v) is 12.2. The quantitative estimate of drug-likeness (QED) is 0.147. The molecule has 14 heteroatoms. The highest BCUT2D eigenvalue weighted by atomic mass is 19.1. The molecule has 13 nitrogen and oxygen atoms in total. The van der Waals surface area contributed by atoms with Gasteiger partial charge in [0, 0.05) is 29.8 Å². The Kier molecular flexibility index (Phi) is 11.8. The number of aromatic amines is 1. The molecule has 4 heterocycles. The summed E-state index contributed by atoms with van der Waals surface area (Å²) in [4.78, 5) is 68.8. The lowest BCUT2D eigenvalue weighted by Crippen LogP contribution is -2.55. The van der Waals surface area contributed by atoms with E-state index >= 15 is 4.39 Å². The van der Waals surface area contributed by atoms with E-state index < -0.39 is 24.3 Å². The van der Waals surface area contributed by atoms with Crippen LogP contribution in [0, 0.1) is 17.7 Å². The van der Waals surface area contributed by atoms with E-state index in [1.807, 2.05) is 93.8 Å². The van der Waals surface area contributed by atoms with E-state index in [-0.39, 0.29) is 53.6 Å². The average molecular weight is 808 g/mol. The SMILES string of the molecule is COC(=O)N[C@H](C(=O)N1[C@@H](C)CC[C@H]1C1=Nc2ccc(-c3ccc(-c4ccc5nc([C@@H]6CC[C@H](C)N6C(=O)[C@@H](NC(=O)OC)C(C)C)[nH]c5c4)c(F)c3)cc2C1)C(C)C. The minimum absolute atomic E-state index is 0.00862. The molecule has 4 aromatic rings. The van der Waals surface area contributed by atoms with Crippen LogP contribution in [0.5, 0.6) is 0 Å². The molecule has 59 heavy (non-hydrogen) atoms. The maximum atomic E-state index is 16.0. The molecule has 3 aromatic carbocycles. The van der Waals surface area contributed by atoms with Gasteiger partial charge in [0.15, 0.2) is 0 Å². The second kappa shape index (κ2) is 16.8. The van der Waals surface area contributed by atoms with Gasteiger partial charge in [-0.15, -0.1) is 0 Å². The maximum absolute atomic E-state index is 16.0. The number of likely N-dealkylation sites (tertiary alicyclic amines) is 2. The fourth-order valence-corrected chi connectivity index (χ4v) is 8.91. The molecular formula is C45H54FN7O6. The lowest BCUT2D eigenvalue weighted by Gasteiger charge is -2.33. The van der Waals surface area contributed by atoms with Crippen molar-refractivity contribution in [3.8, 4) is 22.3 Å². The first kappa shape index (κ1) is 41.4. The number of H-pyrrole nitrogens is 1. The summed E-state index contributed by atoms with van der Waals surface area (Å²) in [7, 11) is 2.56. The Morgan fingerprint density at radius 1 is 0.746 bits per heavy atom. The van der Waals surface area contributed by atoms with Crippen molar-refractivity contribution in [2.24, 2.45) is 16.8 Å². The number of rotatable bonds is 10. The largest absolute Gasteiger partial charge is 0.453 e. The second-order valence-corrected chi connectivity index (χ2v) is 16.8. The number of ether oxygens (including phenoxy) is 2. The van der Waals surface area contributed by atoms with E-state index in [4.69, 9.17) is 19.5 Å². The Morgan fingerprint density at radius 3 is 1.90 bits per heavy atom. The van der Waals surface area contributed by atoms with Crippen LogP contribution in [-0.4, -0.2) is 93.9 Å². The molecule has 0 aliphatic carbocycles. The third kappa shape index (κ3) is 8.13. The minimum Gasteiger partial charge on any atom is -0.453 e. The van der Waals surface area contributed by atoms with Gasteiger partial charge in [0.25, 0.3) is 0 Å². The molecule has 7 rings (SSSR count). The molecule has 3 N–H and O–H groups in total. The summed E-state index contributed by atoms with van der Waals surface area (Å²) < 4.78 is 25.6. The molecule has 1 aromatic heterocycles. The molecule has 4 amide bonds. The highest BCUT2D eigenvalue weighted by molar-refractivity contribution is 6.01. The number of fused-ring (bicyclic) bond motifs is 2. The highest BCUT2D eigenvalue weighted by Crippen LogP contribution is 2.39. The number of methoxy groups -OCH3 is 2. The Bertz CT molecular complexity index is 2300. The summed E-state index contributed by atoms with van der Waals surface area (Å²) >= 11 is 0. The van der Waals surface area contributed by atoms with E-state index in [0.29, 0.717) is 35.3 Å². The molecule has 0 bridgehead atoms. The van der Waals surface area contributed by atoms with Gasteiger partial charge < -0.3 is 34.9 Å². The molecule has 0 radical (unpaired) electrons. The van der Waals surface area contributed by atoms with Crippen LogP contribution in [0.1, 0.15) is 84.7 Å². The molecular weight excluding hydrogens is 754 g/mol. The number of nitrogens with one attached hydrogen (secondary N) is 3. The van der Waals surface area contributed by atoms with Crippen LogP contribution in [0.3, 0.4) is 0 Å². The molecule has 2 fully saturated rings. The van der Waals surface area contributed by atoms with Crippen LogP contribution in [0.4, 0.5) is 19.7 Å². The van der Waals surface area contributed by atoms with Crippen molar-refractivity contribution in [2.45, 2.75) is 110 Å². The number of aromatic nitrogens is 2. The second-order valence-electron chi connectivity index (χ2n) is 16.8. The number of alkyl carbamates (subject to hydrolysis) is 2. The van der Waals surface area contributed by atoms with Crippen LogP contribution in [0.25, 0.3) is 33.3 Å². The molecule has 0 spiro atoms. The van der Waals surface area contributed by atoms with Crippen LogP contribution >= 0.6 is 0 Å². The predicted molar refractivity (Wildman–Crippen MR) is 224 cm³/mol. The van der Waals surface area contributed by atoms with Crippen molar-refractivity contribution in [3.05, 3.63) is 71.8 Å². The Balaban J connectivity index is 1.07. The van der Waals surface area contributed by atoms with Gasteiger partial charge in [0.05, 0.1) is 43.0 Å². The Labute approximate surface area is 344 Å². The van der Waals surface area contributed by atoms with Crippen LogP contribution < -0.4 is 10.6 Å². The van der Waals surface area contributed by atoms with Crippen LogP contribution in [-0.2, 0) is 25.5 Å². The molecule has 312 valence electrons. The number of hydrogen-bond acceptors (Lipinski definition) is 8. The summed E-state index contributed by atoms with van der Waals surface area (Å²) in [6.07, 6.45) is 2.38. The number of aliphatic imine (C=N–C) groups is 1. The van der Waals surface area contributed by atoms with E-state index in [2.05, 4.69) is 15.6 Å². The van der Waals surface area contributed by atoms with E-state index in [1.165, 1.54) is 14.2 Å². The van der Waals surface area contributed by atoms with Gasteiger partial charge in [-0.25, -0.2) is 19.0 Å². The van der Waals surface area contributed by atoms with Crippen molar-refractivity contribution < 1.29 is 33.0 Å². The summed E-state index contributed by atoms with van der Waals surface area (Å²) in [5, 5.41) is 5.42. The zero-order valence-corrected chi connectivity index (χ0v) is 35.0. The summed E-state index contributed by atoms with van der Waals surface area (Å²) in [6.45, 7) is 11.6. The fourth-order valence-electron chi connectivity index (χ4n) is 8.91. The van der Waals surface area contributed by atoms with Gasteiger partial charge in [-0.05, 0) is 104 Å². The summed E-state index contributed by atoms with van der Waals surface area (Å²) in [6, 6.07) is 14.7. The zero-order chi connectivity index (χ0) is 42.3. The Morgan fingerprint density at radius 2 is 1.31 bits per heavy atom. The van der Waals surface area contributed by atoms with Crippen molar-refractivity contribution in [1.29, 1.82) is 0 Å². The number of benzene rings is 3. The van der Waals surface area contributed by atoms with Gasteiger partial charge in [-0.1, -0.05) is 52.0 Å². The standard InChI is InChI=1S/C45H54FN7O6/c1-23(2)39(50-44(56)58-7)42(54)52-25(5)9-17-37(52)36-22-30-19-27(12-15-33(30)47-36)28-11-14-31(32(46)20-28)29-13-16-34-35(21-29)49-41(48-34)38-18-10-26(6)53(38)43(55)40(24(3)4)51-45(57)59-8/h11-16,19-21,23-26,37-40H,9-10,17-18,22H2,1-8H3,(H,48,49)(H,50,56)(H,51,57)/t25-,26-,37-,38-,39-,40-/m0/s1. The van der Waals surface area contributed by atoms with Gasteiger partial charge in [0.1, 0.15) is 23.7 Å². The smallest absolute Gasteiger partial charge is 0.407 e. The van der Waals surface area contributed by atoms with Gasteiger partial charge >= 0.3 is 12.2 Å². The Hall–Kier alpha value is -5.79. The molecule has 2 saturated heterocycles. The molecule has 0 saturated carbocycles. The number of halogens is 1. The number of nitrogens with zero attached hydrogens (tertiary/aromatic N) is 4. The van der Waals surface area contributed by atoms with Crippen LogP contribution in [0.15, 0.2) is 59.6 Å². The van der Waals surface area contributed by atoms with E-state index in [0.717, 1.165) is 52.9 Å². The first-order chi connectivity index (χ1) is 28.2. The third-order valence-electron chi connectivity index (χ3n) is 12.2. The minimum atomic E-state index is -0.749. The van der Waals surface area contributed by atoms with Crippen molar-refractivity contribution in [3.63, 3.8) is 0 Å². The molecule has 0 unspecified atom stereocenters. The normalized spacial score (nSPS) is 21.1. The number of carbonyl (C=O) groups is 4. The van der Waals surface area contributed by atoms with Crippen molar-refractivity contribution in [2.75, 3.05) is 14.2 Å². The lowest BCUT2D eigenvalue weighted by atomic mass is 9.96. The zero-order valence-electron chi connectivity index (χ0n) is 35.0. The number of imidazole rings is 1. The maximum Gasteiger partial charge on any atom is 0.407 e. The summed E-state index contributed by atoms with van der Waals surface area (Å²) in [5.41, 5.74) is 6.92. The van der Waals surface area contributed by atoms with Crippen LogP contribution in [0.2, 0.25) is 0 Å². The number of hydrogen-bond donors (Lipinski definition) is 3. The van der Waals surface area contributed by atoms with Gasteiger partial charge in [-0.3, -0.25) is 14.6 Å². The lowest BCUT2D eigenvalue weighted by molar-refractivity contribution is -0.137.